The monoisotopic (exact) mass is 363 g/mol. The second-order valence-electron chi connectivity index (χ2n) is 5.07. The van der Waals surface area contributed by atoms with Crippen molar-refractivity contribution in [3.05, 3.63) is 71.5 Å². The molecule has 2 aromatic rings. The predicted molar refractivity (Wildman–Crippen MR) is 86.7 cm³/mol. The number of aliphatic imine (C=N–C) groups is 1. The molecule has 8 heteroatoms. The fourth-order valence-corrected chi connectivity index (χ4v) is 2.84. The summed E-state index contributed by atoms with van der Waals surface area (Å²) in [7, 11) is -4.65. The number of benzene rings is 2. The van der Waals surface area contributed by atoms with E-state index >= 15 is 0 Å². The maximum atomic E-state index is 12.5. The van der Waals surface area contributed by atoms with Gasteiger partial charge >= 0.3 is 11.7 Å². The Morgan fingerprint density at radius 1 is 1.00 bits per heavy atom. The summed E-state index contributed by atoms with van der Waals surface area (Å²) in [5.74, 6) is -3.95. The van der Waals surface area contributed by atoms with Crippen LogP contribution in [0.3, 0.4) is 0 Å². The van der Waals surface area contributed by atoms with Crippen molar-refractivity contribution in [2.24, 2.45) is 4.99 Å². The average molecular weight is 363 g/mol. The molecule has 5 nitrogen and oxygen atoms in total. The molecular formula is C17H11F2NO4S. The molecule has 0 spiro atoms. The lowest BCUT2D eigenvalue weighted by Gasteiger charge is -2.04. The SMILES string of the molecule is O=C1N=C(c2ccccc2)OC1=Cc1ccc(S(=O)(=O)C(F)F)cc1. The van der Waals surface area contributed by atoms with Gasteiger partial charge in [0.1, 0.15) is 0 Å². The fourth-order valence-electron chi connectivity index (χ4n) is 2.12. The minimum absolute atomic E-state index is 0.0386. The van der Waals surface area contributed by atoms with Gasteiger partial charge in [-0.15, -0.1) is 0 Å². The van der Waals surface area contributed by atoms with E-state index in [0.29, 0.717) is 11.1 Å². The van der Waals surface area contributed by atoms with Gasteiger partial charge in [0.2, 0.25) is 15.7 Å². The summed E-state index contributed by atoms with van der Waals surface area (Å²) in [5.41, 5.74) is 1.05. The van der Waals surface area contributed by atoms with Crippen molar-refractivity contribution in [1.82, 2.24) is 0 Å². The molecule has 1 aliphatic rings. The number of nitrogens with zero attached hydrogens (tertiary/aromatic N) is 1. The summed E-state index contributed by atoms with van der Waals surface area (Å²) in [4.78, 5) is 15.2. The average Bonchev–Trinajstić information content (AvgIpc) is 2.97. The molecule has 0 radical (unpaired) electrons. The number of halogens is 2. The molecule has 0 aromatic heterocycles. The smallest absolute Gasteiger partial charge is 0.341 e. The highest BCUT2D eigenvalue weighted by atomic mass is 32.2. The van der Waals surface area contributed by atoms with Crippen LogP contribution in [0.25, 0.3) is 6.08 Å². The Kier molecular flexibility index (Phi) is 4.45. The van der Waals surface area contributed by atoms with Crippen molar-refractivity contribution in [2.75, 3.05) is 0 Å². The molecule has 0 aliphatic carbocycles. The Labute approximate surface area is 142 Å². The first-order chi connectivity index (χ1) is 11.9. The van der Waals surface area contributed by atoms with Crippen LogP contribution in [0.4, 0.5) is 8.78 Å². The van der Waals surface area contributed by atoms with Gasteiger partial charge in [-0.2, -0.15) is 13.8 Å². The maximum absolute atomic E-state index is 12.5. The van der Waals surface area contributed by atoms with E-state index in [2.05, 4.69) is 4.99 Å². The molecule has 0 fully saturated rings. The topological polar surface area (TPSA) is 72.8 Å². The third kappa shape index (κ3) is 3.48. The zero-order valence-electron chi connectivity index (χ0n) is 12.6. The van der Waals surface area contributed by atoms with E-state index in [1.165, 1.54) is 18.2 Å². The van der Waals surface area contributed by atoms with Crippen LogP contribution in [0.15, 0.2) is 70.2 Å². The number of hydrogen-bond donors (Lipinski definition) is 0. The van der Waals surface area contributed by atoms with Crippen molar-refractivity contribution in [3.8, 4) is 0 Å². The molecular weight excluding hydrogens is 352 g/mol. The van der Waals surface area contributed by atoms with Gasteiger partial charge in [-0.05, 0) is 35.9 Å². The fraction of sp³-hybridized carbons (Fsp3) is 0.0588. The van der Waals surface area contributed by atoms with Crippen LogP contribution in [0.1, 0.15) is 11.1 Å². The molecule has 1 heterocycles. The van der Waals surface area contributed by atoms with Crippen molar-refractivity contribution in [1.29, 1.82) is 0 Å². The van der Waals surface area contributed by atoms with E-state index in [1.54, 1.807) is 24.3 Å². The summed E-state index contributed by atoms with van der Waals surface area (Å²) in [6.07, 6.45) is 1.36. The molecule has 0 saturated carbocycles. The predicted octanol–water partition coefficient (Wildman–Crippen LogP) is 3.03. The normalized spacial score (nSPS) is 16.2. The number of amides is 1. The summed E-state index contributed by atoms with van der Waals surface area (Å²) in [6.45, 7) is 0. The number of sulfone groups is 1. The molecule has 0 saturated heterocycles. The highest BCUT2D eigenvalue weighted by Crippen LogP contribution is 2.22. The largest absolute Gasteiger partial charge is 0.432 e. The Hall–Kier alpha value is -2.87. The number of alkyl halides is 2. The molecule has 0 bridgehead atoms. The first kappa shape index (κ1) is 17.0. The molecule has 1 aliphatic heterocycles. The molecule has 25 heavy (non-hydrogen) atoms. The van der Waals surface area contributed by atoms with E-state index in [0.717, 1.165) is 12.1 Å². The second kappa shape index (κ2) is 6.56. The number of ether oxygens (including phenoxy) is 1. The van der Waals surface area contributed by atoms with E-state index in [9.17, 15) is 22.0 Å². The molecule has 0 atom stereocenters. The molecule has 0 N–H and O–H groups in total. The van der Waals surface area contributed by atoms with Crippen molar-refractivity contribution >= 4 is 27.7 Å². The van der Waals surface area contributed by atoms with Gasteiger partial charge in [0.15, 0.2) is 5.76 Å². The maximum Gasteiger partial charge on any atom is 0.341 e. The zero-order chi connectivity index (χ0) is 18.0. The van der Waals surface area contributed by atoms with E-state index in [1.807, 2.05) is 6.07 Å². The number of hydrogen-bond acceptors (Lipinski definition) is 4. The quantitative estimate of drug-likeness (QED) is 0.783. The van der Waals surface area contributed by atoms with Crippen LogP contribution >= 0.6 is 0 Å². The molecule has 3 rings (SSSR count). The molecule has 2 aromatic carbocycles. The third-order valence-electron chi connectivity index (χ3n) is 3.38. The Morgan fingerprint density at radius 2 is 1.64 bits per heavy atom. The van der Waals surface area contributed by atoms with Crippen LogP contribution in [-0.2, 0) is 19.4 Å². The van der Waals surface area contributed by atoms with Crippen LogP contribution in [-0.4, -0.2) is 26.0 Å². The van der Waals surface area contributed by atoms with Crippen LogP contribution in [0.2, 0.25) is 0 Å². The zero-order valence-corrected chi connectivity index (χ0v) is 13.4. The van der Waals surface area contributed by atoms with Crippen molar-refractivity contribution in [2.45, 2.75) is 10.7 Å². The lowest BCUT2D eigenvalue weighted by Crippen LogP contribution is -2.11. The minimum atomic E-state index is -4.65. The van der Waals surface area contributed by atoms with Gasteiger partial charge in [-0.3, -0.25) is 4.79 Å². The molecule has 128 valence electrons. The molecule has 0 unspecified atom stereocenters. The summed E-state index contributed by atoms with van der Waals surface area (Å²) in [6, 6.07) is 13.5. The first-order valence-electron chi connectivity index (χ1n) is 7.08. The van der Waals surface area contributed by atoms with Gasteiger partial charge in [0.05, 0.1) is 4.90 Å². The minimum Gasteiger partial charge on any atom is -0.432 e. The highest BCUT2D eigenvalue weighted by molar-refractivity contribution is 7.91. The van der Waals surface area contributed by atoms with Gasteiger partial charge < -0.3 is 4.74 Å². The highest BCUT2D eigenvalue weighted by Gasteiger charge is 2.27. The first-order valence-corrected chi connectivity index (χ1v) is 8.62. The number of carbonyl (C=O) groups is 1. The van der Waals surface area contributed by atoms with Crippen molar-refractivity contribution < 1.29 is 26.7 Å². The number of carbonyl (C=O) groups excluding carboxylic acids is 1. The summed E-state index contributed by atoms with van der Waals surface area (Å²) in [5, 5.41) is 0. The van der Waals surface area contributed by atoms with E-state index in [-0.39, 0.29) is 11.7 Å². The van der Waals surface area contributed by atoms with Gasteiger partial charge in [0.25, 0.3) is 0 Å². The lowest BCUT2D eigenvalue weighted by molar-refractivity contribution is -0.115. The number of rotatable bonds is 4. The van der Waals surface area contributed by atoms with Crippen molar-refractivity contribution in [3.63, 3.8) is 0 Å². The van der Waals surface area contributed by atoms with E-state index in [4.69, 9.17) is 4.74 Å². The van der Waals surface area contributed by atoms with Crippen LogP contribution in [0, 0.1) is 0 Å². The third-order valence-corrected chi connectivity index (χ3v) is 4.78. The second-order valence-corrected chi connectivity index (χ2v) is 6.99. The lowest BCUT2D eigenvalue weighted by atomic mass is 10.2. The Morgan fingerprint density at radius 3 is 2.24 bits per heavy atom. The van der Waals surface area contributed by atoms with E-state index < -0.39 is 26.4 Å². The van der Waals surface area contributed by atoms with Gasteiger partial charge in [0, 0.05) is 5.56 Å². The van der Waals surface area contributed by atoms with Crippen LogP contribution in [0.5, 0.6) is 0 Å². The Bertz CT molecular complexity index is 965. The van der Waals surface area contributed by atoms with Gasteiger partial charge in [-0.25, -0.2) is 8.42 Å². The molecule has 1 amide bonds. The van der Waals surface area contributed by atoms with Gasteiger partial charge in [-0.1, -0.05) is 30.3 Å². The summed E-state index contributed by atoms with van der Waals surface area (Å²) < 4.78 is 53.2. The standard InChI is InChI=1S/C17H11F2NO4S/c18-17(19)25(22,23)13-8-6-11(7-9-13)10-14-15(21)20-16(24-14)12-4-2-1-3-5-12/h1-10,17H. The van der Waals surface area contributed by atoms with Crippen LogP contribution < -0.4 is 0 Å². The summed E-state index contributed by atoms with van der Waals surface area (Å²) >= 11 is 0. The Balaban J connectivity index is 1.82.